The number of hydrogen-bond donors (Lipinski definition) is 0. The van der Waals surface area contributed by atoms with Crippen molar-refractivity contribution in [2.75, 3.05) is 0 Å². The van der Waals surface area contributed by atoms with Gasteiger partial charge in [0.05, 0.1) is 0 Å². The molecular weight excluding hydrogens is 326 g/mol. The van der Waals surface area contributed by atoms with E-state index in [1.807, 2.05) is 0 Å². The molecular formula is H3I2LiZn. The minimum atomic E-state index is 0. The zero-order valence-electron chi connectivity index (χ0n) is 1.52. The molecule has 0 aromatic carbocycles. The molecule has 0 rings (SSSR count). The molecule has 0 spiro atoms. The average molecular weight is 329 g/mol. The maximum atomic E-state index is 0. The van der Waals surface area contributed by atoms with Crippen molar-refractivity contribution in [2.45, 2.75) is 0 Å². The SMILES string of the molecule is I.I.[LiH].[Zn]. The van der Waals surface area contributed by atoms with Crippen LogP contribution in [0.25, 0.3) is 0 Å². The molecule has 0 nitrogen and oxygen atoms in total. The summed E-state index contributed by atoms with van der Waals surface area (Å²) in [7, 11) is 0. The van der Waals surface area contributed by atoms with Gasteiger partial charge in [-0.05, 0) is 0 Å². The van der Waals surface area contributed by atoms with E-state index in [2.05, 4.69) is 0 Å². The molecule has 4 heavy (non-hydrogen) atoms. The Morgan fingerprint density at radius 1 is 0.750 bits per heavy atom. The van der Waals surface area contributed by atoms with Crippen LogP contribution in [-0.4, -0.2) is 18.9 Å². The molecule has 0 unspecified atom stereocenters. The molecule has 0 aliphatic heterocycles. The van der Waals surface area contributed by atoms with Crippen molar-refractivity contribution >= 4 is 66.8 Å². The smallest absolute Gasteiger partial charge is 0 e. The summed E-state index contributed by atoms with van der Waals surface area (Å²) in [6, 6.07) is 0. The number of rotatable bonds is 0. The molecule has 0 aromatic heterocycles. The summed E-state index contributed by atoms with van der Waals surface area (Å²) in [4.78, 5) is 0. The monoisotopic (exact) mass is 328 g/mol. The predicted octanol–water partition coefficient (Wildman–Crippen LogP) is 0.585. The first-order chi connectivity index (χ1) is 0. The van der Waals surface area contributed by atoms with Gasteiger partial charge in [-0.25, -0.2) is 0 Å². The molecule has 0 saturated carbocycles. The van der Waals surface area contributed by atoms with Crippen molar-refractivity contribution in [1.82, 2.24) is 0 Å². The van der Waals surface area contributed by atoms with Gasteiger partial charge in [-0.2, -0.15) is 0 Å². The van der Waals surface area contributed by atoms with Gasteiger partial charge in [0.15, 0.2) is 0 Å². The molecule has 0 aromatic rings. The van der Waals surface area contributed by atoms with Gasteiger partial charge < -0.3 is 0 Å². The Labute approximate surface area is 84.8 Å². The summed E-state index contributed by atoms with van der Waals surface area (Å²) in [5.74, 6) is 0. The van der Waals surface area contributed by atoms with Gasteiger partial charge in [0.1, 0.15) is 0 Å². The Morgan fingerprint density at radius 3 is 0.750 bits per heavy atom. The van der Waals surface area contributed by atoms with E-state index in [0.717, 1.165) is 0 Å². The number of halogens is 2. The molecule has 0 aliphatic rings. The summed E-state index contributed by atoms with van der Waals surface area (Å²) in [5, 5.41) is 0. The molecule has 0 heterocycles. The summed E-state index contributed by atoms with van der Waals surface area (Å²) < 4.78 is 0. The number of hydrogen-bond acceptors (Lipinski definition) is 0. The zero-order chi connectivity index (χ0) is 0. The van der Waals surface area contributed by atoms with Crippen molar-refractivity contribution in [1.29, 1.82) is 0 Å². The summed E-state index contributed by atoms with van der Waals surface area (Å²) in [5.41, 5.74) is 0. The van der Waals surface area contributed by atoms with Gasteiger partial charge in [0.2, 0.25) is 0 Å². The molecule has 0 N–H and O–H groups in total. The van der Waals surface area contributed by atoms with Crippen molar-refractivity contribution in [3.05, 3.63) is 0 Å². The third-order valence-electron chi connectivity index (χ3n) is 0. The van der Waals surface area contributed by atoms with Crippen LogP contribution in [0, 0.1) is 0 Å². The molecule has 0 amide bonds. The molecule has 0 atom stereocenters. The minimum Gasteiger partial charge on any atom is 0 e. The van der Waals surface area contributed by atoms with Crippen molar-refractivity contribution < 1.29 is 19.5 Å². The van der Waals surface area contributed by atoms with Crippen LogP contribution in [0.3, 0.4) is 0 Å². The van der Waals surface area contributed by atoms with Crippen molar-refractivity contribution in [3.8, 4) is 0 Å². The quantitative estimate of drug-likeness (QED) is 0.451. The summed E-state index contributed by atoms with van der Waals surface area (Å²) >= 11 is 0. The molecule has 4 heteroatoms. The van der Waals surface area contributed by atoms with Crippen LogP contribution in [0.5, 0.6) is 0 Å². The molecule has 0 saturated heterocycles. The van der Waals surface area contributed by atoms with Gasteiger partial charge in [0.25, 0.3) is 0 Å². The third-order valence-corrected chi connectivity index (χ3v) is 0. The molecule has 0 aliphatic carbocycles. The third kappa shape index (κ3) is 8.82. The maximum Gasteiger partial charge on any atom is 0 e. The second-order valence-corrected chi connectivity index (χ2v) is 0. The summed E-state index contributed by atoms with van der Waals surface area (Å²) in [6.45, 7) is 0. The van der Waals surface area contributed by atoms with Crippen LogP contribution in [-0.2, 0) is 19.5 Å². The van der Waals surface area contributed by atoms with E-state index in [1.54, 1.807) is 0 Å². The van der Waals surface area contributed by atoms with Gasteiger partial charge in [0, 0.05) is 19.5 Å². The van der Waals surface area contributed by atoms with Gasteiger partial charge in [-0.3, -0.25) is 0 Å². The van der Waals surface area contributed by atoms with Crippen LogP contribution in [0.1, 0.15) is 0 Å². The van der Waals surface area contributed by atoms with E-state index in [-0.39, 0.29) is 86.3 Å². The maximum absolute atomic E-state index is 0. The Bertz CT molecular complexity index is 6.00. The van der Waals surface area contributed by atoms with E-state index >= 15 is 0 Å². The van der Waals surface area contributed by atoms with E-state index < -0.39 is 0 Å². The zero-order valence-corrected chi connectivity index (χ0v) is 9.15. The van der Waals surface area contributed by atoms with E-state index in [9.17, 15) is 0 Å². The molecule has 0 bridgehead atoms. The minimum absolute atomic E-state index is 0. The first kappa shape index (κ1) is 30.0. The van der Waals surface area contributed by atoms with Gasteiger partial charge in [-0.1, -0.05) is 0 Å². The van der Waals surface area contributed by atoms with E-state index in [1.165, 1.54) is 0 Å². The second kappa shape index (κ2) is 17.3. The van der Waals surface area contributed by atoms with Crippen LogP contribution >= 0.6 is 48.0 Å². The molecule has 0 radical (unpaired) electrons. The Hall–Kier alpha value is 2.68. The van der Waals surface area contributed by atoms with Gasteiger partial charge in [-0.15, -0.1) is 48.0 Å². The second-order valence-electron chi connectivity index (χ2n) is 0. The van der Waals surface area contributed by atoms with Crippen LogP contribution < -0.4 is 0 Å². The van der Waals surface area contributed by atoms with Crippen molar-refractivity contribution in [2.24, 2.45) is 0 Å². The first-order valence-corrected chi connectivity index (χ1v) is 0. The standard InChI is InChI=1S/2HI.Li.Zn.H/h2*1H;;;. The molecule has 20 valence electrons. The van der Waals surface area contributed by atoms with Crippen LogP contribution in [0.4, 0.5) is 0 Å². The summed E-state index contributed by atoms with van der Waals surface area (Å²) in [6.07, 6.45) is 0. The fourth-order valence-corrected chi connectivity index (χ4v) is 0. The fraction of sp³-hybridized carbons (Fsp3) is 0. The Kier molecular flexibility index (Phi) is 130. The van der Waals surface area contributed by atoms with Gasteiger partial charge >= 0.3 is 18.9 Å². The Morgan fingerprint density at radius 2 is 0.750 bits per heavy atom. The predicted molar refractivity (Wildman–Crippen MR) is 38.0 cm³/mol. The van der Waals surface area contributed by atoms with E-state index in [0.29, 0.717) is 0 Å². The van der Waals surface area contributed by atoms with Crippen LogP contribution in [0.2, 0.25) is 0 Å². The molecule has 0 fully saturated rings. The largest absolute Gasteiger partial charge is 0 e. The Balaban J connectivity index is 0. The van der Waals surface area contributed by atoms with Crippen LogP contribution in [0.15, 0.2) is 0 Å². The van der Waals surface area contributed by atoms with Crippen molar-refractivity contribution in [3.63, 3.8) is 0 Å². The fourth-order valence-electron chi connectivity index (χ4n) is 0. The first-order valence-electron chi connectivity index (χ1n) is 0. The normalized spacial score (nSPS) is 0. The average Bonchev–Trinajstić information content (AvgIpc) is 0. The topological polar surface area (TPSA) is 0 Å². The van der Waals surface area contributed by atoms with E-state index in [4.69, 9.17) is 0 Å².